The number of hydrogen-bond donors (Lipinski definition) is 3. The fourth-order valence-electron chi connectivity index (χ4n) is 7.75. The van der Waals surface area contributed by atoms with Gasteiger partial charge in [-0.05, 0) is 58.6 Å². The van der Waals surface area contributed by atoms with E-state index in [-0.39, 0.29) is 49.5 Å². The molecule has 4 heterocycles. The lowest BCUT2D eigenvalue weighted by molar-refractivity contribution is -0.146. The normalized spacial score (nSPS) is 29.3. The number of nitrogens with one attached hydrogen (secondary N) is 2. The first-order valence-electron chi connectivity index (χ1n) is 17.6. The number of pyridine rings is 1. The maximum absolute atomic E-state index is 14.4. The molecule has 3 aliphatic heterocycles. The van der Waals surface area contributed by atoms with Crippen molar-refractivity contribution in [2.45, 2.75) is 88.9 Å². The topological polar surface area (TPSA) is 167 Å². The molecule has 0 radical (unpaired) electrons. The minimum atomic E-state index is -1.47. The van der Waals surface area contributed by atoms with Gasteiger partial charge >= 0.3 is 12.1 Å². The molecule has 50 heavy (non-hydrogen) atoms. The summed E-state index contributed by atoms with van der Waals surface area (Å²) < 4.78 is 11.0. The van der Waals surface area contributed by atoms with Crippen LogP contribution < -0.4 is 15.4 Å². The number of carboxylic acid groups (broad SMARTS) is 1. The molecule has 0 bridgehead atoms. The third-order valence-corrected chi connectivity index (χ3v) is 10.3. The molecule has 6 rings (SSSR count). The standard InChI is InChI=1S/C37H47N5O8/c1-36(2,3)50-35(48)39-27-16-10-8-6-5-7-9-13-23-18-37(23,34(46)47)40-31(43)30-25-21-41(19-22(25)20-42(30)33(27)45)32(44)28-17-29(49-4)24-14-11-12-15-26(24)38-28/h9,11-15,17,22-23,25,27,30H,5-8,10,16,18-21H2,1-4H3,(H,39,48)(H,40,43)(H,46,47)/b13-9-/t22-,23-,25-,27+,30-,37+/m0/s1. The summed E-state index contributed by atoms with van der Waals surface area (Å²) in [4.78, 5) is 75.8. The van der Waals surface area contributed by atoms with E-state index in [2.05, 4.69) is 15.6 Å². The van der Waals surface area contributed by atoms with E-state index >= 15 is 0 Å². The fraction of sp³-hybridized carbons (Fsp3) is 0.568. The van der Waals surface area contributed by atoms with Gasteiger partial charge in [-0.25, -0.2) is 14.6 Å². The van der Waals surface area contributed by atoms with Crippen LogP contribution in [0.5, 0.6) is 5.75 Å². The second-order valence-corrected chi connectivity index (χ2v) is 15.0. The van der Waals surface area contributed by atoms with Gasteiger partial charge in [-0.1, -0.05) is 43.5 Å². The van der Waals surface area contributed by atoms with Gasteiger partial charge in [0, 0.05) is 48.8 Å². The van der Waals surface area contributed by atoms with Gasteiger partial charge in [0.15, 0.2) is 0 Å². The number of para-hydroxylation sites is 1. The van der Waals surface area contributed by atoms with E-state index in [9.17, 15) is 29.1 Å². The van der Waals surface area contributed by atoms with Gasteiger partial charge in [0.1, 0.15) is 34.7 Å². The minimum absolute atomic E-state index is 0.162. The first-order valence-corrected chi connectivity index (χ1v) is 17.6. The zero-order valence-electron chi connectivity index (χ0n) is 29.1. The zero-order chi connectivity index (χ0) is 35.8. The Morgan fingerprint density at radius 2 is 1.82 bits per heavy atom. The van der Waals surface area contributed by atoms with Crippen LogP contribution in [0.3, 0.4) is 0 Å². The number of carboxylic acids is 1. The highest BCUT2D eigenvalue weighted by molar-refractivity contribution is 5.98. The SMILES string of the molecule is COc1cc(C(=O)N2C[C@H]3CN4C(=O)[C@H](NC(=O)OC(C)(C)C)CCCCCC/C=C\[C@H]5C[C@@]5(C(=O)O)NC(=O)[C@@H]4[C@H]3C2)nc2ccccc12. The number of carbonyl (C=O) groups excluding carboxylic acids is 4. The van der Waals surface area contributed by atoms with Crippen LogP contribution >= 0.6 is 0 Å². The van der Waals surface area contributed by atoms with Gasteiger partial charge in [0.05, 0.1) is 12.6 Å². The summed E-state index contributed by atoms with van der Waals surface area (Å²) in [6.45, 7) is 5.82. The monoisotopic (exact) mass is 689 g/mol. The van der Waals surface area contributed by atoms with Crippen molar-refractivity contribution in [1.82, 2.24) is 25.4 Å². The Hall–Kier alpha value is -4.68. The number of carbonyl (C=O) groups is 5. The van der Waals surface area contributed by atoms with Crippen molar-refractivity contribution >= 4 is 40.7 Å². The summed E-state index contributed by atoms with van der Waals surface area (Å²) in [6.07, 6.45) is 7.87. The molecule has 2 aromatic rings. The molecule has 13 nitrogen and oxygen atoms in total. The van der Waals surface area contributed by atoms with Crippen molar-refractivity contribution in [1.29, 1.82) is 0 Å². The summed E-state index contributed by atoms with van der Waals surface area (Å²) in [5.74, 6) is -3.03. The lowest BCUT2D eigenvalue weighted by atomic mass is 9.93. The van der Waals surface area contributed by atoms with Gasteiger partial charge in [0.2, 0.25) is 11.8 Å². The Morgan fingerprint density at radius 1 is 1.06 bits per heavy atom. The van der Waals surface area contributed by atoms with Gasteiger partial charge in [0.25, 0.3) is 5.91 Å². The van der Waals surface area contributed by atoms with E-state index in [1.807, 2.05) is 30.4 Å². The summed E-state index contributed by atoms with van der Waals surface area (Å²) in [7, 11) is 1.53. The predicted octanol–water partition coefficient (Wildman–Crippen LogP) is 3.91. The smallest absolute Gasteiger partial charge is 0.408 e. The molecule has 3 N–H and O–H groups in total. The summed E-state index contributed by atoms with van der Waals surface area (Å²) in [5.41, 5.74) is -1.43. The molecule has 4 amide bonds. The number of aliphatic carboxylic acids is 1. The number of hydrogen-bond acceptors (Lipinski definition) is 8. The van der Waals surface area contributed by atoms with Crippen LogP contribution in [0.1, 0.15) is 76.2 Å². The first-order chi connectivity index (χ1) is 23.8. The predicted molar refractivity (Wildman–Crippen MR) is 183 cm³/mol. The lowest BCUT2D eigenvalue weighted by Gasteiger charge is -2.33. The minimum Gasteiger partial charge on any atom is -0.496 e. The van der Waals surface area contributed by atoms with Gasteiger partial charge < -0.3 is 35.0 Å². The number of alkyl carbamates (subject to hydrolysis) is 1. The average molecular weight is 690 g/mol. The number of amides is 4. The van der Waals surface area contributed by atoms with E-state index in [0.29, 0.717) is 24.1 Å². The highest BCUT2D eigenvalue weighted by Crippen LogP contribution is 2.46. The molecule has 13 heteroatoms. The average Bonchev–Trinajstić information content (AvgIpc) is 3.42. The molecule has 3 fully saturated rings. The van der Waals surface area contributed by atoms with Crippen LogP contribution in [0.4, 0.5) is 4.79 Å². The Bertz CT molecular complexity index is 1700. The van der Waals surface area contributed by atoms with Crippen LogP contribution in [0, 0.1) is 17.8 Å². The van der Waals surface area contributed by atoms with Crippen LogP contribution in [-0.2, 0) is 19.1 Å². The summed E-state index contributed by atoms with van der Waals surface area (Å²) in [6, 6.07) is 6.98. The van der Waals surface area contributed by atoms with Crippen LogP contribution in [0.15, 0.2) is 42.5 Å². The number of benzene rings is 1. The van der Waals surface area contributed by atoms with Crippen molar-refractivity contribution < 1.29 is 38.6 Å². The molecule has 1 aromatic carbocycles. The maximum atomic E-state index is 14.4. The third kappa shape index (κ3) is 7.13. The zero-order valence-corrected chi connectivity index (χ0v) is 29.1. The van der Waals surface area contributed by atoms with Crippen molar-refractivity contribution in [3.63, 3.8) is 0 Å². The quantitative estimate of drug-likeness (QED) is 0.404. The molecular formula is C37H47N5O8. The second kappa shape index (κ2) is 13.9. The van der Waals surface area contributed by atoms with E-state index in [1.165, 1.54) is 12.0 Å². The Balaban J connectivity index is 1.30. The van der Waals surface area contributed by atoms with Crippen molar-refractivity contribution in [3.8, 4) is 5.75 Å². The molecule has 4 aliphatic rings. The van der Waals surface area contributed by atoms with E-state index in [1.54, 1.807) is 37.8 Å². The molecule has 0 spiro atoms. The van der Waals surface area contributed by atoms with Crippen molar-refractivity contribution in [3.05, 3.63) is 48.2 Å². The highest BCUT2D eigenvalue weighted by Gasteiger charge is 2.62. The number of allylic oxidation sites excluding steroid dienone is 1. The largest absolute Gasteiger partial charge is 0.496 e. The number of ether oxygens (including phenoxy) is 2. The summed E-state index contributed by atoms with van der Waals surface area (Å²) in [5, 5.41) is 16.6. The first kappa shape index (κ1) is 35.2. The molecule has 0 unspecified atom stereocenters. The van der Waals surface area contributed by atoms with Crippen LogP contribution in [0.25, 0.3) is 10.9 Å². The van der Waals surface area contributed by atoms with E-state index in [0.717, 1.165) is 31.1 Å². The highest BCUT2D eigenvalue weighted by atomic mass is 16.6. The number of likely N-dealkylation sites (tertiary alicyclic amines) is 1. The third-order valence-electron chi connectivity index (χ3n) is 10.3. The maximum Gasteiger partial charge on any atom is 0.408 e. The van der Waals surface area contributed by atoms with Gasteiger partial charge in [-0.3, -0.25) is 14.4 Å². The number of fused-ring (bicyclic) bond motifs is 5. The molecule has 6 atom stereocenters. The molecule has 1 aliphatic carbocycles. The Kier molecular flexibility index (Phi) is 9.78. The number of aromatic nitrogens is 1. The number of methoxy groups -OCH3 is 1. The van der Waals surface area contributed by atoms with Crippen molar-refractivity contribution in [2.75, 3.05) is 26.7 Å². The number of nitrogens with zero attached hydrogens (tertiary/aromatic N) is 3. The molecule has 1 saturated carbocycles. The number of rotatable bonds is 4. The second-order valence-electron chi connectivity index (χ2n) is 15.0. The lowest BCUT2D eigenvalue weighted by Crippen LogP contribution is -2.58. The van der Waals surface area contributed by atoms with Crippen LogP contribution in [0.2, 0.25) is 0 Å². The van der Waals surface area contributed by atoms with Gasteiger partial charge in [-0.2, -0.15) is 0 Å². The molecule has 2 saturated heterocycles. The Labute approximate surface area is 291 Å². The Morgan fingerprint density at radius 3 is 2.56 bits per heavy atom. The summed E-state index contributed by atoms with van der Waals surface area (Å²) >= 11 is 0. The van der Waals surface area contributed by atoms with Gasteiger partial charge in [-0.15, -0.1) is 0 Å². The van der Waals surface area contributed by atoms with Crippen molar-refractivity contribution in [2.24, 2.45) is 17.8 Å². The van der Waals surface area contributed by atoms with E-state index < -0.39 is 53.0 Å². The molecule has 268 valence electrons. The van der Waals surface area contributed by atoms with E-state index in [4.69, 9.17) is 9.47 Å². The fourth-order valence-corrected chi connectivity index (χ4v) is 7.75. The molecular weight excluding hydrogens is 642 g/mol. The molecule has 1 aromatic heterocycles. The van der Waals surface area contributed by atoms with Crippen LogP contribution in [-0.4, -0.2) is 99.6 Å².